The molecule has 0 spiro atoms. The average Bonchev–Trinajstić information content (AvgIpc) is 2.72. The van der Waals surface area contributed by atoms with Gasteiger partial charge in [-0.25, -0.2) is 4.98 Å². The monoisotopic (exact) mass is 428 g/mol. The second kappa shape index (κ2) is 11.4. The number of hydrogen-bond acceptors (Lipinski definition) is 6. The second-order valence-electron chi connectivity index (χ2n) is 7.45. The van der Waals surface area contributed by atoms with E-state index in [0.29, 0.717) is 11.5 Å². The smallest absolute Gasteiger partial charge is 0.229 e. The number of carbonyl (C=O) groups is 1. The molecule has 2 N–H and O–H groups in total. The van der Waals surface area contributed by atoms with Crippen LogP contribution in [0.5, 0.6) is 0 Å². The molecule has 1 fully saturated rings. The predicted molar refractivity (Wildman–Crippen MR) is 121 cm³/mol. The molecule has 30 heavy (non-hydrogen) atoms. The first-order chi connectivity index (χ1) is 14.1. The molecule has 0 unspecified atom stereocenters. The lowest BCUT2D eigenvalue weighted by Gasteiger charge is -2.34. The molecule has 1 aliphatic rings. The normalized spacial score (nSPS) is 15.6. The quantitative estimate of drug-likeness (QED) is 0.693. The van der Waals surface area contributed by atoms with Crippen LogP contribution in [-0.2, 0) is 11.2 Å². The van der Waals surface area contributed by atoms with Crippen molar-refractivity contribution < 1.29 is 4.79 Å². The molecule has 2 aromatic rings. The lowest BCUT2D eigenvalue weighted by molar-refractivity contribution is -0.119. The molecule has 1 aromatic carbocycles. The topological polar surface area (TPSA) is 93.9 Å². The van der Waals surface area contributed by atoms with E-state index in [1.807, 2.05) is 12.1 Å². The van der Waals surface area contributed by atoms with Gasteiger partial charge in [0.2, 0.25) is 11.9 Å². The van der Waals surface area contributed by atoms with Gasteiger partial charge < -0.3 is 15.5 Å². The highest BCUT2D eigenvalue weighted by atomic mass is 35.5. The van der Waals surface area contributed by atoms with Gasteiger partial charge in [0, 0.05) is 43.5 Å². The number of halogens is 1. The number of aryl methyl sites for hydroxylation is 1. The highest BCUT2D eigenvalue weighted by molar-refractivity contribution is 5.85. The minimum absolute atomic E-state index is 0. The third kappa shape index (κ3) is 6.60. The van der Waals surface area contributed by atoms with Crippen LogP contribution in [0.3, 0.4) is 0 Å². The molecule has 160 valence electrons. The van der Waals surface area contributed by atoms with Gasteiger partial charge in [-0.15, -0.1) is 12.4 Å². The Balaban J connectivity index is 0.00000320. The highest BCUT2D eigenvalue weighted by Gasteiger charge is 2.22. The van der Waals surface area contributed by atoms with Crippen LogP contribution in [0.15, 0.2) is 30.3 Å². The molecule has 1 saturated heterocycles. The van der Waals surface area contributed by atoms with Crippen LogP contribution in [-0.4, -0.2) is 35.0 Å². The molecule has 0 aliphatic carbocycles. The van der Waals surface area contributed by atoms with Gasteiger partial charge in [0.25, 0.3) is 0 Å². The van der Waals surface area contributed by atoms with Crippen LogP contribution in [0, 0.1) is 11.3 Å². The van der Waals surface area contributed by atoms with Gasteiger partial charge in [0.05, 0.1) is 11.6 Å². The van der Waals surface area contributed by atoms with Gasteiger partial charge in [0.15, 0.2) is 0 Å². The molecule has 8 heteroatoms. The average molecular weight is 429 g/mol. The maximum absolute atomic E-state index is 11.4. The molecule has 7 nitrogen and oxygen atoms in total. The summed E-state index contributed by atoms with van der Waals surface area (Å²) in [6.07, 6.45) is 5.04. The van der Waals surface area contributed by atoms with Crippen LogP contribution in [0.2, 0.25) is 0 Å². The zero-order chi connectivity index (χ0) is 20.6. The summed E-state index contributed by atoms with van der Waals surface area (Å²) in [6.45, 7) is 5.37. The predicted octanol–water partition coefficient (Wildman–Crippen LogP) is 3.96. The molecule has 1 atom stereocenters. The Morgan fingerprint density at radius 2 is 2.17 bits per heavy atom. The van der Waals surface area contributed by atoms with E-state index in [9.17, 15) is 4.79 Å². The Labute approximate surface area is 184 Å². The first kappa shape index (κ1) is 23.4. The van der Waals surface area contributed by atoms with Crippen molar-refractivity contribution in [1.29, 1.82) is 5.26 Å². The molecule has 1 aromatic heterocycles. The number of nitrogens with zero attached hydrogens (tertiary/aromatic N) is 4. The standard InChI is InChI=1S/C22H28N6O.ClH/c1-3-4-8-19-13-21(28-11-6-10-20(15-28)24-16(2)29)27-22(26-19)25-18-9-5-7-17(12-18)14-23;/h5,7,9,12-13,20H,3-4,6,8,10-11,15H2,1-2H3,(H,24,29)(H,25,26,27);1H/t20-;/m1./s1. The number of nitrogens with one attached hydrogen (secondary N) is 2. The summed E-state index contributed by atoms with van der Waals surface area (Å²) in [5.41, 5.74) is 2.38. The Morgan fingerprint density at radius 3 is 2.90 bits per heavy atom. The fourth-order valence-electron chi connectivity index (χ4n) is 3.57. The maximum Gasteiger partial charge on any atom is 0.229 e. The van der Waals surface area contributed by atoms with Crippen molar-refractivity contribution in [2.24, 2.45) is 0 Å². The number of rotatable bonds is 7. The van der Waals surface area contributed by atoms with E-state index in [1.165, 1.54) is 0 Å². The molecule has 0 saturated carbocycles. The molecule has 2 heterocycles. The van der Waals surface area contributed by atoms with Gasteiger partial charge in [-0.3, -0.25) is 4.79 Å². The third-order valence-electron chi connectivity index (χ3n) is 4.95. The second-order valence-corrected chi connectivity index (χ2v) is 7.45. The minimum Gasteiger partial charge on any atom is -0.354 e. The summed E-state index contributed by atoms with van der Waals surface area (Å²) in [5, 5.41) is 15.4. The van der Waals surface area contributed by atoms with Crippen molar-refractivity contribution in [1.82, 2.24) is 15.3 Å². The van der Waals surface area contributed by atoms with Crippen molar-refractivity contribution in [2.45, 2.75) is 52.0 Å². The molecular formula is C22H29ClN6O. The number of unbranched alkanes of at least 4 members (excludes halogenated alkanes) is 1. The fraction of sp³-hybridized carbons (Fsp3) is 0.455. The first-order valence-corrected chi connectivity index (χ1v) is 10.2. The van der Waals surface area contributed by atoms with Crippen molar-refractivity contribution in [3.05, 3.63) is 41.6 Å². The number of amides is 1. The zero-order valence-electron chi connectivity index (χ0n) is 17.5. The number of hydrogen-bond donors (Lipinski definition) is 2. The SMILES string of the molecule is CCCCc1cc(N2CCC[C@@H](NC(C)=O)C2)nc(Nc2cccc(C#N)c2)n1.Cl. The summed E-state index contributed by atoms with van der Waals surface area (Å²) in [5.74, 6) is 1.41. The van der Waals surface area contributed by atoms with Crippen molar-refractivity contribution in [3.8, 4) is 6.07 Å². The molecular weight excluding hydrogens is 400 g/mol. The number of nitriles is 1. The highest BCUT2D eigenvalue weighted by Crippen LogP contribution is 2.23. The van der Waals surface area contributed by atoms with E-state index in [-0.39, 0.29) is 24.4 Å². The lowest BCUT2D eigenvalue weighted by Crippen LogP contribution is -2.47. The number of aromatic nitrogens is 2. The summed E-state index contributed by atoms with van der Waals surface area (Å²) in [6, 6.07) is 11.6. The Kier molecular flexibility index (Phi) is 8.88. The van der Waals surface area contributed by atoms with Crippen molar-refractivity contribution >= 4 is 35.8 Å². The van der Waals surface area contributed by atoms with Gasteiger partial charge in [-0.1, -0.05) is 19.4 Å². The summed E-state index contributed by atoms with van der Waals surface area (Å²) < 4.78 is 0. The Bertz CT molecular complexity index is 897. The molecule has 3 rings (SSSR count). The summed E-state index contributed by atoms with van der Waals surface area (Å²) in [7, 11) is 0. The van der Waals surface area contributed by atoms with Crippen molar-refractivity contribution in [3.63, 3.8) is 0 Å². The van der Waals surface area contributed by atoms with Gasteiger partial charge in [-0.05, 0) is 43.9 Å². The Hall–Kier alpha value is -2.85. The van der Waals surface area contributed by atoms with Crippen molar-refractivity contribution in [2.75, 3.05) is 23.3 Å². The Morgan fingerprint density at radius 1 is 1.33 bits per heavy atom. The number of carbonyl (C=O) groups excluding carboxylic acids is 1. The van der Waals surface area contributed by atoms with Gasteiger partial charge in [-0.2, -0.15) is 10.2 Å². The minimum atomic E-state index is 0. The molecule has 0 radical (unpaired) electrons. The third-order valence-corrected chi connectivity index (χ3v) is 4.95. The van der Waals surface area contributed by atoms with Crippen LogP contribution < -0.4 is 15.5 Å². The van der Waals surface area contributed by atoms with E-state index >= 15 is 0 Å². The maximum atomic E-state index is 11.4. The van der Waals surface area contributed by atoms with Crippen LogP contribution in [0.4, 0.5) is 17.5 Å². The van der Waals surface area contributed by atoms with E-state index < -0.39 is 0 Å². The first-order valence-electron chi connectivity index (χ1n) is 10.2. The lowest BCUT2D eigenvalue weighted by atomic mass is 10.1. The van der Waals surface area contributed by atoms with Crippen LogP contribution in [0.25, 0.3) is 0 Å². The van der Waals surface area contributed by atoms with Gasteiger partial charge >= 0.3 is 0 Å². The van der Waals surface area contributed by atoms with E-state index in [2.05, 4.69) is 39.6 Å². The zero-order valence-corrected chi connectivity index (χ0v) is 18.3. The number of anilines is 3. The fourth-order valence-corrected chi connectivity index (χ4v) is 3.57. The number of benzene rings is 1. The molecule has 1 amide bonds. The summed E-state index contributed by atoms with van der Waals surface area (Å²) in [4.78, 5) is 23.1. The van der Waals surface area contributed by atoms with Crippen LogP contribution in [0.1, 0.15) is 50.8 Å². The largest absolute Gasteiger partial charge is 0.354 e. The van der Waals surface area contributed by atoms with E-state index in [1.54, 1.807) is 19.1 Å². The van der Waals surface area contributed by atoms with E-state index in [4.69, 9.17) is 10.2 Å². The summed E-state index contributed by atoms with van der Waals surface area (Å²) >= 11 is 0. The van der Waals surface area contributed by atoms with Crippen LogP contribution >= 0.6 is 12.4 Å². The molecule has 1 aliphatic heterocycles. The molecule has 0 bridgehead atoms. The van der Waals surface area contributed by atoms with Gasteiger partial charge in [0.1, 0.15) is 5.82 Å². The number of piperidine rings is 1. The van der Waals surface area contributed by atoms with E-state index in [0.717, 1.165) is 62.4 Å².